The molecule has 0 bridgehead atoms. The van der Waals surface area contributed by atoms with E-state index >= 15 is 0 Å². The van der Waals surface area contributed by atoms with Crippen LogP contribution >= 0.6 is 11.8 Å². The van der Waals surface area contributed by atoms with Crippen LogP contribution in [0.2, 0.25) is 0 Å². The first kappa shape index (κ1) is 23.1. The fourth-order valence-corrected chi connectivity index (χ4v) is 5.70. The summed E-state index contributed by atoms with van der Waals surface area (Å²) in [7, 11) is 1.34. The third-order valence-electron chi connectivity index (χ3n) is 5.66. The Morgan fingerprint density at radius 1 is 1.17 bits per heavy atom. The number of fused-ring (bicyclic) bond motifs is 1. The van der Waals surface area contributed by atoms with E-state index in [-0.39, 0.29) is 22.0 Å². The van der Waals surface area contributed by atoms with Crippen LogP contribution in [0.15, 0.2) is 32.7 Å². The van der Waals surface area contributed by atoms with Crippen LogP contribution in [0.1, 0.15) is 46.0 Å². The van der Waals surface area contributed by atoms with Gasteiger partial charge in [0.2, 0.25) is 15.9 Å². The van der Waals surface area contributed by atoms with Gasteiger partial charge in [-0.3, -0.25) is 4.79 Å². The van der Waals surface area contributed by atoms with Gasteiger partial charge in [0.15, 0.2) is 5.58 Å². The van der Waals surface area contributed by atoms with Gasteiger partial charge in [0.1, 0.15) is 5.52 Å². The smallest absolute Gasteiger partial charge is 0.257 e. The van der Waals surface area contributed by atoms with Crippen molar-refractivity contribution in [3.63, 3.8) is 0 Å². The molecule has 30 heavy (non-hydrogen) atoms. The predicted molar refractivity (Wildman–Crippen MR) is 119 cm³/mol. The van der Waals surface area contributed by atoms with Crippen LogP contribution in [0.3, 0.4) is 0 Å². The molecular weight excluding hydrogens is 422 g/mol. The second kappa shape index (κ2) is 9.28. The quantitative estimate of drug-likeness (QED) is 0.590. The highest BCUT2D eigenvalue weighted by Crippen LogP contribution is 2.33. The summed E-state index contributed by atoms with van der Waals surface area (Å²) < 4.78 is 31.7. The van der Waals surface area contributed by atoms with Gasteiger partial charge < -0.3 is 9.32 Å². The predicted octanol–water partition coefficient (Wildman–Crippen LogP) is 3.99. The Morgan fingerprint density at radius 2 is 1.83 bits per heavy atom. The largest absolute Gasteiger partial charge is 0.431 e. The Balaban J connectivity index is 1.82. The lowest BCUT2D eigenvalue weighted by atomic mass is 9.94. The van der Waals surface area contributed by atoms with Gasteiger partial charge in [-0.15, -0.1) is 0 Å². The molecule has 1 heterocycles. The van der Waals surface area contributed by atoms with E-state index in [1.165, 1.54) is 61.6 Å². The normalized spacial score (nSPS) is 17.0. The third kappa shape index (κ3) is 4.84. The molecular formula is C21H31N3O4S2. The molecule has 0 spiro atoms. The van der Waals surface area contributed by atoms with Gasteiger partial charge in [0.05, 0.1) is 10.1 Å². The van der Waals surface area contributed by atoms with E-state index in [1.54, 1.807) is 6.07 Å². The van der Waals surface area contributed by atoms with Crippen molar-refractivity contribution < 1.29 is 17.6 Å². The van der Waals surface area contributed by atoms with Crippen molar-refractivity contribution in [3.8, 4) is 0 Å². The summed E-state index contributed by atoms with van der Waals surface area (Å²) in [5.41, 5.74) is 0.974. The summed E-state index contributed by atoms with van der Waals surface area (Å²) in [5, 5.41) is 0.0727. The van der Waals surface area contributed by atoms with E-state index in [0.717, 1.165) is 12.8 Å². The Morgan fingerprint density at radius 3 is 2.43 bits per heavy atom. The highest BCUT2D eigenvalue weighted by molar-refractivity contribution is 8.00. The molecule has 166 valence electrons. The first-order valence-corrected chi connectivity index (χ1v) is 12.7. The summed E-state index contributed by atoms with van der Waals surface area (Å²) in [6.45, 7) is 4.05. The van der Waals surface area contributed by atoms with Crippen molar-refractivity contribution in [2.24, 2.45) is 5.92 Å². The van der Waals surface area contributed by atoms with Crippen molar-refractivity contribution in [1.29, 1.82) is 0 Å². The molecule has 1 aromatic carbocycles. The Labute approximate surface area is 183 Å². The van der Waals surface area contributed by atoms with Crippen molar-refractivity contribution in [1.82, 2.24) is 14.2 Å². The second-order valence-electron chi connectivity index (χ2n) is 8.42. The van der Waals surface area contributed by atoms with Gasteiger partial charge in [0, 0.05) is 27.2 Å². The van der Waals surface area contributed by atoms with E-state index in [4.69, 9.17) is 4.42 Å². The number of thioether (sulfide) groups is 1. The highest BCUT2D eigenvalue weighted by Gasteiger charge is 2.32. The number of nitrogens with zero attached hydrogens (tertiary/aromatic N) is 3. The van der Waals surface area contributed by atoms with Crippen LogP contribution in [0, 0.1) is 5.92 Å². The lowest BCUT2D eigenvalue weighted by molar-refractivity contribution is -0.132. The van der Waals surface area contributed by atoms with Crippen molar-refractivity contribution in [3.05, 3.63) is 18.2 Å². The lowest BCUT2D eigenvalue weighted by Crippen LogP contribution is -2.44. The zero-order chi connectivity index (χ0) is 22.1. The van der Waals surface area contributed by atoms with Gasteiger partial charge in [-0.05, 0) is 37.0 Å². The maximum absolute atomic E-state index is 13.2. The summed E-state index contributed by atoms with van der Waals surface area (Å²) >= 11 is 1.31. The lowest BCUT2D eigenvalue weighted by Gasteiger charge is -2.34. The molecule has 9 heteroatoms. The highest BCUT2D eigenvalue weighted by atomic mass is 32.2. The van der Waals surface area contributed by atoms with Gasteiger partial charge in [-0.1, -0.05) is 44.9 Å². The molecule has 1 aliphatic rings. The van der Waals surface area contributed by atoms with Gasteiger partial charge in [-0.2, -0.15) is 0 Å². The number of rotatable bonds is 7. The number of aromatic nitrogens is 1. The topological polar surface area (TPSA) is 83.7 Å². The maximum atomic E-state index is 13.2. The maximum Gasteiger partial charge on any atom is 0.257 e. The number of carbonyl (C=O) groups excluding carboxylic acids is 1. The zero-order valence-corrected chi connectivity index (χ0v) is 19.9. The van der Waals surface area contributed by atoms with Crippen LogP contribution in [0.5, 0.6) is 0 Å². The minimum atomic E-state index is -3.55. The molecule has 0 unspecified atom stereocenters. The van der Waals surface area contributed by atoms with Crippen molar-refractivity contribution in [2.45, 2.75) is 67.4 Å². The standard InChI is InChI=1S/C21H31N3O4S2/c1-14(2)19(20(25)24(5)15-9-7-6-8-10-15)29-21-22-17-13-16(11-12-18(17)28-21)30(26,27)23(3)4/h11-15,19H,6-10H2,1-5H3/t19-/m0/s1. The van der Waals surface area contributed by atoms with E-state index < -0.39 is 10.0 Å². The average molecular weight is 454 g/mol. The molecule has 7 nitrogen and oxygen atoms in total. The Bertz CT molecular complexity index is 995. The van der Waals surface area contributed by atoms with Gasteiger partial charge in [-0.25, -0.2) is 17.7 Å². The molecule has 1 amide bonds. The molecule has 0 saturated heterocycles. The zero-order valence-electron chi connectivity index (χ0n) is 18.3. The number of hydrogen-bond acceptors (Lipinski definition) is 6. The first-order chi connectivity index (χ1) is 14.1. The minimum Gasteiger partial charge on any atom is -0.431 e. The summed E-state index contributed by atoms with van der Waals surface area (Å²) in [6, 6.07) is 4.94. The molecule has 1 saturated carbocycles. The number of carbonyl (C=O) groups is 1. The van der Waals surface area contributed by atoms with Crippen molar-refractivity contribution in [2.75, 3.05) is 21.1 Å². The third-order valence-corrected chi connectivity index (χ3v) is 8.85. The van der Waals surface area contributed by atoms with E-state index in [0.29, 0.717) is 22.4 Å². The summed E-state index contributed by atoms with van der Waals surface area (Å²) in [5.74, 6) is 0.202. The minimum absolute atomic E-state index is 0.0973. The van der Waals surface area contributed by atoms with E-state index in [9.17, 15) is 13.2 Å². The number of sulfonamides is 1. The fraction of sp³-hybridized carbons (Fsp3) is 0.619. The van der Waals surface area contributed by atoms with Crippen LogP contribution in [-0.2, 0) is 14.8 Å². The average Bonchev–Trinajstić information content (AvgIpc) is 3.13. The molecule has 1 aliphatic carbocycles. The van der Waals surface area contributed by atoms with Crippen LogP contribution in [0.4, 0.5) is 0 Å². The second-order valence-corrected chi connectivity index (χ2v) is 11.7. The van der Waals surface area contributed by atoms with E-state index in [2.05, 4.69) is 4.98 Å². The van der Waals surface area contributed by atoms with Crippen molar-refractivity contribution >= 4 is 38.8 Å². The van der Waals surface area contributed by atoms with Gasteiger partial charge in [0.25, 0.3) is 5.22 Å². The van der Waals surface area contributed by atoms with Crippen LogP contribution in [-0.4, -0.2) is 60.9 Å². The van der Waals surface area contributed by atoms with Gasteiger partial charge >= 0.3 is 0 Å². The number of benzene rings is 1. The number of amides is 1. The number of hydrogen-bond donors (Lipinski definition) is 0. The monoisotopic (exact) mass is 453 g/mol. The van der Waals surface area contributed by atoms with E-state index in [1.807, 2.05) is 25.8 Å². The fourth-order valence-electron chi connectivity index (χ4n) is 3.74. The van der Waals surface area contributed by atoms with Crippen LogP contribution in [0.25, 0.3) is 11.1 Å². The summed E-state index contributed by atoms with van der Waals surface area (Å²) in [4.78, 5) is 19.7. The van der Waals surface area contributed by atoms with Crippen LogP contribution < -0.4 is 0 Å². The molecule has 0 radical (unpaired) electrons. The molecule has 2 aromatic rings. The Hall–Kier alpha value is -1.58. The number of oxazole rings is 1. The molecule has 1 fully saturated rings. The molecule has 0 aliphatic heterocycles. The molecule has 0 N–H and O–H groups in total. The molecule has 1 atom stereocenters. The SMILES string of the molecule is CC(C)[C@H](Sc1nc2cc(S(=O)(=O)N(C)C)ccc2o1)C(=O)N(C)C1CCCCC1. The Kier molecular flexibility index (Phi) is 7.14. The molecule has 3 rings (SSSR count). The summed E-state index contributed by atoms with van der Waals surface area (Å²) in [6.07, 6.45) is 5.71. The first-order valence-electron chi connectivity index (χ1n) is 10.4. The molecule has 1 aromatic heterocycles.